The SMILES string of the molecule is C[C@@H]1C[C@@H](C)P1C1=C=C=C=[C-]1.C[C@@H]1C[C@@H](C)P1C1=C=C=C=[C-]1.[Fe+2]. The van der Waals surface area contributed by atoms with Crippen LogP contribution in [0, 0.1) is 12.2 Å². The summed E-state index contributed by atoms with van der Waals surface area (Å²) in [5, 5.41) is 2.51. The van der Waals surface area contributed by atoms with E-state index in [0.29, 0.717) is 0 Å². The molecule has 0 N–H and O–H groups in total. The third kappa shape index (κ3) is 3.97. The van der Waals surface area contributed by atoms with Crippen molar-refractivity contribution in [2.24, 2.45) is 0 Å². The first kappa shape index (κ1) is 18.9. The van der Waals surface area contributed by atoms with Crippen LogP contribution in [0.3, 0.4) is 0 Å². The monoisotopic (exact) mass is 378 g/mol. The van der Waals surface area contributed by atoms with Gasteiger partial charge in [-0.2, -0.15) is 0 Å². The van der Waals surface area contributed by atoms with Crippen LogP contribution in [-0.4, -0.2) is 22.6 Å². The molecule has 0 nitrogen and oxygen atoms in total. The van der Waals surface area contributed by atoms with Gasteiger partial charge in [-0.3, -0.25) is 22.9 Å². The van der Waals surface area contributed by atoms with E-state index in [0.717, 1.165) is 22.6 Å². The smallest absolute Gasteiger partial charge is 0.286 e. The maximum Gasteiger partial charge on any atom is 2.00 e. The van der Waals surface area contributed by atoms with Gasteiger partial charge in [0.1, 0.15) is 0 Å². The van der Waals surface area contributed by atoms with Crippen LogP contribution in [0.2, 0.25) is 0 Å². The Kier molecular flexibility index (Phi) is 6.63. The number of rotatable bonds is 2. The van der Waals surface area contributed by atoms with Gasteiger partial charge >= 0.3 is 17.1 Å². The van der Waals surface area contributed by atoms with E-state index >= 15 is 0 Å². The van der Waals surface area contributed by atoms with Gasteiger partial charge in [-0.25, -0.2) is 11.5 Å². The van der Waals surface area contributed by atoms with Crippen LogP contribution in [0.5, 0.6) is 0 Å². The minimum absolute atomic E-state index is 0. The van der Waals surface area contributed by atoms with E-state index < -0.39 is 0 Å². The fourth-order valence-corrected chi connectivity index (χ4v) is 9.23. The Hall–Kier alpha value is -0.461. The molecule has 0 aromatic rings. The summed E-state index contributed by atoms with van der Waals surface area (Å²) in [6.45, 7) is 9.28. The van der Waals surface area contributed by atoms with Crippen molar-refractivity contribution in [3.63, 3.8) is 0 Å². The van der Waals surface area contributed by atoms with Gasteiger partial charge in [-0.15, -0.1) is 22.8 Å². The Morgan fingerprint density at radius 2 is 1.09 bits per heavy atom. The van der Waals surface area contributed by atoms with Crippen LogP contribution in [-0.2, 0) is 17.1 Å². The Morgan fingerprint density at radius 3 is 1.30 bits per heavy atom. The summed E-state index contributed by atoms with van der Waals surface area (Å²) in [7, 11) is 0.0962. The molecule has 0 unspecified atom stereocenters. The predicted molar refractivity (Wildman–Crippen MR) is 95.5 cm³/mol. The van der Waals surface area contributed by atoms with Crippen molar-refractivity contribution in [2.45, 2.75) is 63.2 Å². The predicted octanol–water partition coefficient (Wildman–Crippen LogP) is 5.63. The largest absolute Gasteiger partial charge is 2.00 e. The second-order valence-electron chi connectivity index (χ2n) is 6.38. The van der Waals surface area contributed by atoms with Crippen LogP contribution in [0.4, 0.5) is 0 Å². The van der Waals surface area contributed by atoms with Gasteiger partial charge in [0.25, 0.3) is 0 Å². The van der Waals surface area contributed by atoms with E-state index in [-0.39, 0.29) is 32.9 Å². The second-order valence-corrected chi connectivity index (χ2v) is 12.4. The molecular weight excluding hydrogens is 358 g/mol. The van der Waals surface area contributed by atoms with Gasteiger partial charge < -0.3 is 0 Å². The summed E-state index contributed by atoms with van der Waals surface area (Å²) < 4.78 is 0. The molecule has 4 rings (SSSR count). The molecular formula is C20H20FeP2. The summed E-state index contributed by atoms with van der Waals surface area (Å²) in [4.78, 5) is 0. The van der Waals surface area contributed by atoms with Crippen molar-refractivity contribution in [3.8, 4) is 0 Å². The molecule has 0 spiro atoms. The zero-order valence-corrected chi connectivity index (χ0v) is 16.9. The van der Waals surface area contributed by atoms with E-state index in [1.807, 2.05) is 0 Å². The molecule has 2 fully saturated rings. The third-order valence-electron chi connectivity index (χ3n) is 4.63. The van der Waals surface area contributed by atoms with Crippen molar-refractivity contribution in [3.05, 3.63) is 57.2 Å². The van der Waals surface area contributed by atoms with Gasteiger partial charge in [0.15, 0.2) is 0 Å². The van der Waals surface area contributed by atoms with E-state index in [1.54, 1.807) is 0 Å². The molecule has 118 valence electrons. The average molecular weight is 378 g/mol. The Labute approximate surface area is 153 Å². The van der Waals surface area contributed by atoms with Crippen LogP contribution in [0.15, 0.2) is 45.0 Å². The molecule has 0 saturated carbocycles. The molecule has 2 saturated heterocycles. The minimum atomic E-state index is 0. The van der Waals surface area contributed by atoms with Crippen molar-refractivity contribution in [1.29, 1.82) is 0 Å². The standard InChI is InChI=1S/2C10H10P.Fe/c2*1-8-7-9(2)11(8)10-5-3-4-6-10;/h2*8-9H,7H2,1-2H3;/q2*-1;+2/t2*8-,9-;/m11./s1. The van der Waals surface area contributed by atoms with Gasteiger partial charge in [-0.1, -0.05) is 43.5 Å². The summed E-state index contributed by atoms with van der Waals surface area (Å²) >= 11 is 0. The topological polar surface area (TPSA) is 0 Å². The fraction of sp³-hybridized carbons (Fsp3) is 0.500. The van der Waals surface area contributed by atoms with E-state index in [1.165, 1.54) is 23.5 Å². The molecule has 4 aliphatic rings. The van der Waals surface area contributed by atoms with Crippen LogP contribution in [0.25, 0.3) is 0 Å². The fourth-order valence-electron chi connectivity index (χ4n) is 3.60. The molecule has 0 radical (unpaired) electrons. The molecule has 0 aromatic carbocycles. The minimum Gasteiger partial charge on any atom is -0.286 e. The molecule has 0 amide bonds. The zero-order chi connectivity index (χ0) is 15.7. The molecule has 2 aliphatic carbocycles. The van der Waals surface area contributed by atoms with Gasteiger partial charge in [0, 0.05) is 0 Å². The van der Waals surface area contributed by atoms with Gasteiger partial charge in [0.2, 0.25) is 0 Å². The first-order valence-electron chi connectivity index (χ1n) is 7.92. The molecule has 4 atom stereocenters. The first-order chi connectivity index (χ1) is 10.6. The summed E-state index contributed by atoms with van der Waals surface area (Å²) in [6, 6.07) is 0. The molecule has 0 bridgehead atoms. The normalized spacial score (nSPS) is 32.7. The maximum absolute atomic E-state index is 3.09. The van der Waals surface area contributed by atoms with E-state index in [4.69, 9.17) is 0 Å². The van der Waals surface area contributed by atoms with E-state index in [9.17, 15) is 0 Å². The van der Waals surface area contributed by atoms with Gasteiger partial charge in [0.05, 0.1) is 0 Å². The number of hydrogen-bond acceptors (Lipinski definition) is 0. The molecule has 3 heteroatoms. The van der Waals surface area contributed by atoms with E-state index in [2.05, 4.69) is 74.2 Å². The van der Waals surface area contributed by atoms with Crippen LogP contribution >= 0.6 is 15.8 Å². The van der Waals surface area contributed by atoms with Crippen molar-refractivity contribution in [2.75, 3.05) is 0 Å². The van der Waals surface area contributed by atoms with Crippen LogP contribution in [0.1, 0.15) is 40.5 Å². The quantitative estimate of drug-likeness (QED) is 0.253. The summed E-state index contributed by atoms with van der Waals surface area (Å²) in [5.41, 5.74) is 21.0. The number of hydrogen-bond donors (Lipinski definition) is 0. The van der Waals surface area contributed by atoms with Crippen molar-refractivity contribution < 1.29 is 17.1 Å². The Morgan fingerprint density at radius 1 is 0.739 bits per heavy atom. The molecule has 2 heterocycles. The Balaban J connectivity index is 0.000000160. The van der Waals surface area contributed by atoms with Gasteiger partial charge in [-0.05, 0) is 35.5 Å². The summed E-state index contributed by atoms with van der Waals surface area (Å²) in [5.74, 6) is 0. The molecule has 0 aromatic heterocycles. The second kappa shape index (κ2) is 8.08. The van der Waals surface area contributed by atoms with Crippen LogP contribution < -0.4 is 0 Å². The van der Waals surface area contributed by atoms with Crippen molar-refractivity contribution >= 4 is 15.8 Å². The maximum atomic E-state index is 3.09. The zero-order valence-electron chi connectivity index (χ0n) is 14.0. The molecule has 23 heavy (non-hydrogen) atoms. The summed E-state index contributed by atoms with van der Waals surface area (Å²) in [6.07, 6.45) is 8.93. The van der Waals surface area contributed by atoms with Crippen molar-refractivity contribution in [1.82, 2.24) is 0 Å². The third-order valence-corrected chi connectivity index (χ3v) is 10.8. The molecule has 2 aliphatic heterocycles. The first-order valence-corrected chi connectivity index (χ1v) is 10.9. The number of allylic oxidation sites excluding steroid dienone is 4. The average Bonchev–Trinajstić information content (AvgIpc) is 3.13. The Bertz CT molecular complexity index is 671.